The Morgan fingerprint density at radius 1 is 0.919 bits per heavy atom. The van der Waals surface area contributed by atoms with Crippen LogP contribution in [-0.4, -0.2) is 60.0 Å². The average Bonchev–Trinajstić information content (AvgIpc) is 2.88. The van der Waals surface area contributed by atoms with E-state index in [4.69, 9.17) is 4.74 Å². The summed E-state index contributed by atoms with van der Waals surface area (Å²) in [6.45, 7) is 10.2. The van der Waals surface area contributed by atoms with Crippen LogP contribution in [0.15, 0.2) is 35.1 Å². The quantitative estimate of drug-likeness (QED) is 0.282. The number of ether oxygens (including phenoxy) is 1. The smallest absolute Gasteiger partial charge is 0.248 e. The van der Waals surface area contributed by atoms with E-state index in [1.807, 2.05) is 24.3 Å². The Labute approximate surface area is 223 Å². The number of carbonyl (C=O) groups excluding carboxylic acids is 1. The fourth-order valence-corrected chi connectivity index (χ4v) is 5.48. The first kappa shape index (κ1) is 29.2. The van der Waals surface area contributed by atoms with E-state index in [0.29, 0.717) is 24.9 Å². The number of H-pyrrole nitrogens is 1. The maximum atomic E-state index is 13.3. The number of aromatic nitrogens is 1. The lowest BCUT2D eigenvalue weighted by Gasteiger charge is -2.29. The molecule has 0 spiro atoms. The second kappa shape index (κ2) is 16.5. The van der Waals surface area contributed by atoms with E-state index in [1.54, 1.807) is 0 Å². The van der Waals surface area contributed by atoms with Gasteiger partial charge in [-0.2, -0.15) is 0 Å². The highest BCUT2D eigenvalue weighted by Gasteiger charge is 2.19. The van der Waals surface area contributed by atoms with Crippen molar-refractivity contribution in [2.75, 3.05) is 39.3 Å². The number of amides is 1. The van der Waals surface area contributed by atoms with Crippen LogP contribution in [0.2, 0.25) is 0 Å². The molecule has 1 aromatic carbocycles. The number of unbranched alkanes of at least 4 members (excludes halogenated alkanes) is 2. The Kier molecular flexibility index (Phi) is 13.0. The van der Waals surface area contributed by atoms with Gasteiger partial charge in [0.1, 0.15) is 5.75 Å². The largest absolute Gasteiger partial charge is 0.494 e. The number of fused-ring (bicyclic) bond motifs is 1. The van der Waals surface area contributed by atoms with Crippen molar-refractivity contribution in [1.82, 2.24) is 14.8 Å². The molecule has 1 heterocycles. The Hall–Kier alpha value is -2.34. The van der Waals surface area contributed by atoms with Gasteiger partial charge in [-0.3, -0.25) is 9.59 Å². The number of hydrogen-bond acceptors (Lipinski definition) is 4. The number of pyridine rings is 1. The molecule has 37 heavy (non-hydrogen) atoms. The first-order chi connectivity index (χ1) is 18.1. The highest BCUT2D eigenvalue weighted by Crippen LogP contribution is 2.24. The number of nitrogens with zero attached hydrogens (tertiary/aromatic N) is 2. The van der Waals surface area contributed by atoms with E-state index in [9.17, 15) is 9.59 Å². The molecular weight excluding hydrogens is 462 g/mol. The van der Waals surface area contributed by atoms with E-state index < -0.39 is 0 Å². The molecule has 3 rings (SSSR count). The normalized spacial score (nSPS) is 15.0. The molecule has 2 aromatic rings. The lowest BCUT2D eigenvalue weighted by Crippen LogP contribution is -2.37. The van der Waals surface area contributed by atoms with Gasteiger partial charge in [0.05, 0.1) is 6.61 Å². The number of carbonyl (C=O) groups is 1. The first-order valence-corrected chi connectivity index (χ1v) is 14.8. The van der Waals surface area contributed by atoms with E-state index in [2.05, 4.69) is 28.6 Å². The molecule has 1 aromatic heterocycles. The fourth-order valence-electron chi connectivity index (χ4n) is 5.48. The summed E-state index contributed by atoms with van der Waals surface area (Å²) < 4.78 is 5.94. The number of nitrogens with one attached hydrogen (secondary N) is 1. The van der Waals surface area contributed by atoms with Gasteiger partial charge in [-0.25, -0.2) is 0 Å². The van der Waals surface area contributed by atoms with Crippen LogP contribution in [0, 0.1) is 5.92 Å². The van der Waals surface area contributed by atoms with Gasteiger partial charge in [0.25, 0.3) is 0 Å². The average molecular weight is 512 g/mol. The molecule has 0 unspecified atom stereocenters. The van der Waals surface area contributed by atoms with E-state index in [0.717, 1.165) is 75.1 Å². The molecule has 1 saturated carbocycles. The number of aromatic amines is 1. The zero-order chi connectivity index (χ0) is 26.3. The van der Waals surface area contributed by atoms with E-state index >= 15 is 0 Å². The molecule has 0 radical (unpaired) electrons. The summed E-state index contributed by atoms with van der Waals surface area (Å²) in [6.07, 6.45) is 13.8. The second-order valence-corrected chi connectivity index (χ2v) is 10.7. The molecule has 6 nitrogen and oxygen atoms in total. The highest BCUT2D eigenvalue weighted by molar-refractivity contribution is 5.79. The Morgan fingerprint density at radius 3 is 2.41 bits per heavy atom. The monoisotopic (exact) mass is 511 g/mol. The minimum absolute atomic E-state index is 0.0988. The lowest BCUT2D eigenvalue weighted by atomic mass is 9.90. The summed E-state index contributed by atoms with van der Waals surface area (Å²) in [5.41, 5.74) is 0.713. The molecule has 1 fully saturated rings. The standard InChI is InChI=1S/C31H49N3O3/c1-3-33(4-2)21-11-12-22-34(25-26-14-8-6-5-7-9-15-26)31(36)16-10-13-23-37-28-18-19-29-27(24-28)17-20-30(35)32-29/h17-20,24,26H,3-16,21-23,25H2,1-2H3,(H,32,35). The third kappa shape index (κ3) is 10.5. The minimum atomic E-state index is -0.0988. The summed E-state index contributed by atoms with van der Waals surface area (Å²) in [7, 11) is 0. The lowest BCUT2D eigenvalue weighted by molar-refractivity contribution is -0.132. The van der Waals surface area contributed by atoms with Crippen LogP contribution in [0.3, 0.4) is 0 Å². The maximum Gasteiger partial charge on any atom is 0.248 e. The van der Waals surface area contributed by atoms with Gasteiger partial charge >= 0.3 is 0 Å². The molecule has 1 aliphatic rings. The van der Waals surface area contributed by atoms with Crippen molar-refractivity contribution in [3.8, 4) is 5.75 Å². The molecule has 1 N–H and O–H groups in total. The zero-order valence-corrected chi connectivity index (χ0v) is 23.3. The third-order valence-electron chi connectivity index (χ3n) is 7.85. The van der Waals surface area contributed by atoms with Gasteiger partial charge in [-0.1, -0.05) is 46.0 Å². The van der Waals surface area contributed by atoms with E-state index in [1.165, 1.54) is 51.0 Å². The molecule has 0 atom stereocenters. The van der Waals surface area contributed by atoms with Gasteiger partial charge in [0.2, 0.25) is 11.5 Å². The minimum Gasteiger partial charge on any atom is -0.494 e. The molecular formula is C31H49N3O3. The second-order valence-electron chi connectivity index (χ2n) is 10.7. The molecule has 0 bridgehead atoms. The third-order valence-corrected chi connectivity index (χ3v) is 7.85. The van der Waals surface area contributed by atoms with Gasteiger partial charge in [0, 0.05) is 36.5 Å². The first-order valence-electron chi connectivity index (χ1n) is 14.8. The topological polar surface area (TPSA) is 65.6 Å². The Morgan fingerprint density at radius 2 is 1.65 bits per heavy atom. The predicted octanol–water partition coefficient (Wildman–Crippen LogP) is 6.39. The van der Waals surface area contributed by atoms with Crippen molar-refractivity contribution in [3.63, 3.8) is 0 Å². The van der Waals surface area contributed by atoms with Gasteiger partial charge < -0.3 is 19.5 Å². The van der Waals surface area contributed by atoms with Gasteiger partial charge in [0.15, 0.2) is 0 Å². The van der Waals surface area contributed by atoms with Crippen molar-refractivity contribution >= 4 is 16.8 Å². The fraction of sp³-hybridized carbons (Fsp3) is 0.677. The Balaban J connectivity index is 1.44. The van der Waals surface area contributed by atoms with Gasteiger partial charge in [-0.05, 0) is 88.3 Å². The summed E-state index contributed by atoms with van der Waals surface area (Å²) in [5.74, 6) is 1.78. The molecule has 1 aliphatic carbocycles. The summed E-state index contributed by atoms with van der Waals surface area (Å²) in [5, 5.41) is 0.957. The molecule has 206 valence electrons. The summed E-state index contributed by atoms with van der Waals surface area (Å²) in [6, 6.07) is 9.06. The van der Waals surface area contributed by atoms with Gasteiger partial charge in [-0.15, -0.1) is 0 Å². The van der Waals surface area contributed by atoms with Crippen molar-refractivity contribution in [3.05, 3.63) is 40.7 Å². The number of hydrogen-bond donors (Lipinski definition) is 1. The summed E-state index contributed by atoms with van der Waals surface area (Å²) >= 11 is 0. The number of benzene rings is 1. The molecule has 0 aliphatic heterocycles. The zero-order valence-electron chi connectivity index (χ0n) is 23.3. The maximum absolute atomic E-state index is 13.3. The van der Waals surface area contributed by atoms with Crippen molar-refractivity contribution in [2.24, 2.45) is 5.92 Å². The molecule has 1 amide bonds. The molecule has 6 heteroatoms. The van der Waals surface area contributed by atoms with Crippen LogP contribution in [-0.2, 0) is 4.79 Å². The van der Waals surface area contributed by atoms with Crippen LogP contribution in [0.5, 0.6) is 5.75 Å². The van der Waals surface area contributed by atoms with Crippen LogP contribution >= 0.6 is 0 Å². The molecule has 0 saturated heterocycles. The van der Waals surface area contributed by atoms with E-state index in [-0.39, 0.29) is 5.56 Å². The predicted molar refractivity (Wildman–Crippen MR) is 153 cm³/mol. The van der Waals surface area contributed by atoms with Crippen LogP contribution < -0.4 is 10.3 Å². The van der Waals surface area contributed by atoms with Crippen LogP contribution in [0.1, 0.15) is 90.9 Å². The van der Waals surface area contributed by atoms with Crippen molar-refractivity contribution in [2.45, 2.75) is 90.9 Å². The highest BCUT2D eigenvalue weighted by atomic mass is 16.5. The summed E-state index contributed by atoms with van der Waals surface area (Å²) in [4.78, 5) is 32.2. The Bertz CT molecular complexity index is 977. The SMILES string of the molecule is CCN(CC)CCCCN(CC1CCCCCCC1)C(=O)CCCCOc1ccc2[nH]c(=O)ccc2c1. The van der Waals surface area contributed by atoms with Crippen LogP contribution in [0.25, 0.3) is 10.9 Å². The number of rotatable bonds is 15. The van der Waals surface area contributed by atoms with Crippen molar-refractivity contribution < 1.29 is 9.53 Å². The van der Waals surface area contributed by atoms with Crippen LogP contribution in [0.4, 0.5) is 0 Å². The van der Waals surface area contributed by atoms with Crippen molar-refractivity contribution in [1.29, 1.82) is 0 Å².